The van der Waals surface area contributed by atoms with Crippen LogP contribution in [0.25, 0.3) is 0 Å². The van der Waals surface area contributed by atoms with Crippen molar-refractivity contribution >= 4 is 51.9 Å². The first kappa shape index (κ1) is 14.1. The molecule has 2 aromatic carbocycles. The quantitative estimate of drug-likeness (QED) is 0.754. The summed E-state index contributed by atoms with van der Waals surface area (Å²) in [6.45, 7) is 2.04. The fraction of sp³-hybridized carbons (Fsp3) is 0.0714. The van der Waals surface area contributed by atoms with Crippen molar-refractivity contribution in [3.05, 3.63) is 58.1 Å². The van der Waals surface area contributed by atoms with Gasteiger partial charge in [-0.2, -0.15) is 0 Å². The molecule has 2 nitrogen and oxygen atoms in total. The number of anilines is 2. The first-order valence-corrected chi connectivity index (χ1v) is 6.81. The first-order chi connectivity index (χ1) is 9.04. The van der Waals surface area contributed by atoms with Gasteiger partial charge in [-0.05, 0) is 49.5 Å². The SMILES string of the molecule is Cc1ccc(NC(=S)Nc2ccc(Cl)c(Cl)c2)cc1. The fourth-order valence-electron chi connectivity index (χ4n) is 1.50. The summed E-state index contributed by atoms with van der Waals surface area (Å²) < 4.78 is 0. The molecule has 19 heavy (non-hydrogen) atoms. The Morgan fingerprint density at radius 1 is 0.895 bits per heavy atom. The van der Waals surface area contributed by atoms with E-state index in [1.54, 1.807) is 12.1 Å². The van der Waals surface area contributed by atoms with Crippen molar-refractivity contribution in [1.82, 2.24) is 0 Å². The van der Waals surface area contributed by atoms with Crippen molar-refractivity contribution in [3.8, 4) is 0 Å². The third-order valence-corrected chi connectivity index (χ3v) is 3.43. The van der Waals surface area contributed by atoms with Gasteiger partial charge in [0.2, 0.25) is 0 Å². The van der Waals surface area contributed by atoms with Gasteiger partial charge in [0.1, 0.15) is 0 Å². The zero-order valence-electron chi connectivity index (χ0n) is 10.2. The monoisotopic (exact) mass is 310 g/mol. The summed E-state index contributed by atoms with van der Waals surface area (Å²) in [5.41, 5.74) is 2.93. The average molecular weight is 311 g/mol. The van der Waals surface area contributed by atoms with E-state index in [-0.39, 0.29) is 0 Å². The summed E-state index contributed by atoms with van der Waals surface area (Å²) in [5, 5.41) is 7.66. The molecule has 98 valence electrons. The Kier molecular flexibility index (Phi) is 4.64. The van der Waals surface area contributed by atoms with Gasteiger partial charge in [-0.3, -0.25) is 0 Å². The molecule has 0 heterocycles. The molecule has 0 radical (unpaired) electrons. The summed E-state index contributed by atoms with van der Waals surface area (Å²) in [6.07, 6.45) is 0. The topological polar surface area (TPSA) is 24.1 Å². The van der Waals surface area contributed by atoms with Crippen molar-refractivity contribution in [2.24, 2.45) is 0 Å². The predicted molar refractivity (Wildman–Crippen MR) is 87.5 cm³/mol. The van der Waals surface area contributed by atoms with Crippen LogP contribution in [0.1, 0.15) is 5.56 Å². The van der Waals surface area contributed by atoms with E-state index in [4.69, 9.17) is 35.4 Å². The number of benzene rings is 2. The van der Waals surface area contributed by atoms with Crippen LogP contribution >= 0.6 is 35.4 Å². The second kappa shape index (κ2) is 6.24. The molecule has 0 bridgehead atoms. The standard InChI is InChI=1S/C14H12Cl2N2S/c1-9-2-4-10(5-3-9)17-14(19)18-11-6-7-12(15)13(16)8-11/h2-8H,1H3,(H2,17,18,19). The van der Waals surface area contributed by atoms with Crippen molar-refractivity contribution in [1.29, 1.82) is 0 Å². The summed E-state index contributed by atoms with van der Waals surface area (Å²) in [5.74, 6) is 0. The molecule has 0 aliphatic rings. The number of thiocarbonyl (C=S) groups is 1. The highest BCUT2D eigenvalue weighted by Crippen LogP contribution is 2.25. The third kappa shape index (κ3) is 4.10. The lowest BCUT2D eigenvalue weighted by atomic mass is 10.2. The maximum absolute atomic E-state index is 5.94. The molecule has 0 unspecified atom stereocenters. The number of aryl methyl sites for hydroxylation is 1. The number of halogens is 2. The number of hydrogen-bond donors (Lipinski definition) is 2. The van der Waals surface area contributed by atoms with Crippen molar-refractivity contribution in [2.75, 3.05) is 10.6 Å². The zero-order chi connectivity index (χ0) is 13.8. The molecule has 2 rings (SSSR count). The number of hydrogen-bond acceptors (Lipinski definition) is 1. The van der Waals surface area contributed by atoms with E-state index in [2.05, 4.69) is 10.6 Å². The Hall–Kier alpha value is -1.29. The predicted octanol–water partition coefficient (Wildman–Crippen LogP) is 5.11. The van der Waals surface area contributed by atoms with Gasteiger partial charge in [0.25, 0.3) is 0 Å². The van der Waals surface area contributed by atoms with Gasteiger partial charge >= 0.3 is 0 Å². The molecule has 0 aliphatic heterocycles. The highest BCUT2D eigenvalue weighted by Gasteiger charge is 2.02. The van der Waals surface area contributed by atoms with Crippen LogP contribution in [0.15, 0.2) is 42.5 Å². The fourth-order valence-corrected chi connectivity index (χ4v) is 2.04. The van der Waals surface area contributed by atoms with E-state index >= 15 is 0 Å². The molecular formula is C14H12Cl2N2S. The maximum Gasteiger partial charge on any atom is 0.175 e. The van der Waals surface area contributed by atoms with Gasteiger partial charge in [0, 0.05) is 11.4 Å². The lowest BCUT2D eigenvalue weighted by Crippen LogP contribution is -2.18. The first-order valence-electron chi connectivity index (χ1n) is 5.64. The van der Waals surface area contributed by atoms with Gasteiger partial charge in [-0.1, -0.05) is 40.9 Å². The lowest BCUT2D eigenvalue weighted by molar-refractivity contribution is 1.47. The Labute approximate surface area is 127 Å². The molecule has 0 saturated carbocycles. The molecule has 0 spiro atoms. The summed E-state index contributed by atoms with van der Waals surface area (Å²) in [7, 11) is 0. The highest BCUT2D eigenvalue weighted by atomic mass is 35.5. The van der Waals surface area contributed by atoms with Gasteiger partial charge in [-0.15, -0.1) is 0 Å². The third-order valence-electron chi connectivity index (χ3n) is 2.49. The summed E-state index contributed by atoms with van der Waals surface area (Å²) in [6, 6.07) is 13.2. The minimum Gasteiger partial charge on any atom is -0.332 e. The van der Waals surface area contributed by atoms with E-state index in [1.165, 1.54) is 5.56 Å². The molecular weight excluding hydrogens is 299 g/mol. The Morgan fingerprint density at radius 2 is 1.47 bits per heavy atom. The average Bonchev–Trinajstić information content (AvgIpc) is 2.37. The van der Waals surface area contributed by atoms with Crippen LogP contribution in [0, 0.1) is 6.92 Å². The molecule has 2 N–H and O–H groups in total. The Balaban J connectivity index is 2.01. The van der Waals surface area contributed by atoms with Gasteiger partial charge < -0.3 is 10.6 Å². The van der Waals surface area contributed by atoms with Gasteiger partial charge in [0.15, 0.2) is 5.11 Å². The largest absolute Gasteiger partial charge is 0.332 e. The molecule has 0 aromatic heterocycles. The Bertz CT molecular complexity index is 597. The van der Waals surface area contributed by atoms with Crippen LogP contribution in [-0.4, -0.2) is 5.11 Å². The van der Waals surface area contributed by atoms with Crippen molar-refractivity contribution < 1.29 is 0 Å². The van der Waals surface area contributed by atoms with E-state index in [0.717, 1.165) is 11.4 Å². The lowest BCUT2D eigenvalue weighted by Gasteiger charge is -2.11. The van der Waals surface area contributed by atoms with Crippen molar-refractivity contribution in [2.45, 2.75) is 6.92 Å². The minimum absolute atomic E-state index is 0.491. The molecule has 0 amide bonds. The van der Waals surface area contributed by atoms with Gasteiger partial charge in [-0.25, -0.2) is 0 Å². The molecule has 0 aliphatic carbocycles. The second-order valence-corrected chi connectivity index (χ2v) is 5.30. The van der Waals surface area contributed by atoms with Crippen LogP contribution in [0.5, 0.6) is 0 Å². The summed E-state index contributed by atoms with van der Waals surface area (Å²) >= 11 is 17.0. The number of rotatable bonds is 2. The van der Waals surface area contributed by atoms with Crippen LogP contribution in [0.3, 0.4) is 0 Å². The molecule has 5 heteroatoms. The zero-order valence-corrected chi connectivity index (χ0v) is 12.5. The Morgan fingerprint density at radius 3 is 2.11 bits per heavy atom. The minimum atomic E-state index is 0.491. The maximum atomic E-state index is 5.94. The van der Waals surface area contributed by atoms with E-state index in [9.17, 15) is 0 Å². The van der Waals surface area contributed by atoms with E-state index < -0.39 is 0 Å². The number of nitrogens with one attached hydrogen (secondary N) is 2. The highest BCUT2D eigenvalue weighted by molar-refractivity contribution is 7.80. The van der Waals surface area contributed by atoms with Crippen molar-refractivity contribution in [3.63, 3.8) is 0 Å². The van der Waals surface area contributed by atoms with Crippen LogP contribution in [0.4, 0.5) is 11.4 Å². The normalized spacial score (nSPS) is 10.1. The molecule has 0 fully saturated rings. The molecule has 0 saturated heterocycles. The van der Waals surface area contributed by atoms with Gasteiger partial charge in [0.05, 0.1) is 10.0 Å². The second-order valence-electron chi connectivity index (χ2n) is 4.07. The van der Waals surface area contributed by atoms with E-state index in [1.807, 2.05) is 37.3 Å². The van der Waals surface area contributed by atoms with Crippen LogP contribution < -0.4 is 10.6 Å². The molecule has 0 atom stereocenters. The molecule has 2 aromatic rings. The van der Waals surface area contributed by atoms with E-state index in [0.29, 0.717) is 15.2 Å². The smallest absolute Gasteiger partial charge is 0.175 e. The summed E-state index contributed by atoms with van der Waals surface area (Å²) in [4.78, 5) is 0. The van der Waals surface area contributed by atoms with Crippen LogP contribution in [0.2, 0.25) is 10.0 Å². The van der Waals surface area contributed by atoms with Crippen LogP contribution in [-0.2, 0) is 0 Å².